The molecule has 0 fully saturated rings. The number of phenolic OH excluding ortho intramolecular Hbond substituents is 4. The third-order valence-corrected chi connectivity index (χ3v) is 3.41. The minimum atomic E-state index is -1.50. The molecule has 0 aliphatic carbocycles. The smallest absolute Gasteiger partial charge is 0.345 e. The van der Waals surface area contributed by atoms with Crippen molar-refractivity contribution in [3.63, 3.8) is 0 Å². The van der Waals surface area contributed by atoms with Gasteiger partial charge in [0, 0.05) is 42.1 Å². The van der Waals surface area contributed by atoms with E-state index in [0.717, 1.165) is 6.08 Å². The average molecular weight is 383 g/mol. The van der Waals surface area contributed by atoms with Gasteiger partial charge in [-0.1, -0.05) is 12.1 Å². The largest absolute Gasteiger partial charge is 0.504 e. The van der Waals surface area contributed by atoms with Crippen LogP contribution < -0.4 is 0 Å². The molecule has 0 bridgehead atoms. The van der Waals surface area contributed by atoms with Crippen molar-refractivity contribution in [2.75, 3.05) is 0 Å². The van der Waals surface area contributed by atoms with Crippen LogP contribution in [0.4, 0.5) is 0 Å². The van der Waals surface area contributed by atoms with Gasteiger partial charge in [-0.15, -0.1) is 0 Å². The summed E-state index contributed by atoms with van der Waals surface area (Å²) in [5.74, 6) is -3.74. The summed E-state index contributed by atoms with van der Waals surface area (Å²) < 4.78 is 4.88. The summed E-state index contributed by atoms with van der Waals surface area (Å²) in [6.45, 7) is 0. The van der Waals surface area contributed by atoms with Crippen molar-refractivity contribution < 1.29 is 39.9 Å². The number of carboxylic acid groups (broad SMARTS) is 1. The molecule has 1 radical (unpaired) electrons. The van der Waals surface area contributed by atoms with E-state index in [1.165, 1.54) is 42.5 Å². The zero-order valence-electron chi connectivity index (χ0n) is 14.4. The molecule has 8 nitrogen and oxygen atoms in total. The van der Waals surface area contributed by atoms with Gasteiger partial charge in [-0.2, -0.15) is 0 Å². The predicted octanol–water partition coefficient (Wildman–Crippen LogP) is 1.38. The van der Waals surface area contributed by atoms with E-state index < -0.39 is 23.8 Å². The number of carbonyl (C=O) groups is 2. The number of esters is 1. The van der Waals surface area contributed by atoms with E-state index >= 15 is 0 Å². The fraction of sp³-hybridized carbons (Fsp3) is 0.111. The van der Waals surface area contributed by atoms with Gasteiger partial charge in [0.2, 0.25) is 6.10 Å². The second kappa shape index (κ2) is 9.86. The summed E-state index contributed by atoms with van der Waals surface area (Å²) in [7, 11) is 0. The van der Waals surface area contributed by atoms with Gasteiger partial charge in [0.25, 0.3) is 0 Å². The topological polar surface area (TPSA) is 145 Å². The molecule has 137 valence electrons. The van der Waals surface area contributed by atoms with Gasteiger partial charge in [0.1, 0.15) is 0 Å². The average Bonchev–Trinajstić information content (AvgIpc) is 2.58. The van der Waals surface area contributed by atoms with Crippen molar-refractivity contribution in [3.8, 4) is 23.0 Å². The number of hydrogen-bond acceptors (Lipinski definition) is 7. The van der Waals surface area contributed by atoms with Gasteiger partial charge in [-0.25, -0.2) is 9.59 Å². The summed E-state index contributed by atoms with van der Waals surface area (Å²) in [4.78, 5) is 23.1. The Kier molecular flexibility index (Phi) is 8.17. The Hall–Kier alpha value is -2.68. The van der Waals surface area contributed by atoms with Crippen LogP contribution in [0.3, 0.4) is 0 Å². The first-order chi connectivity index (χ1) is 12.3. The molecule has 2 aromatic rings. The first-order valence-corrected chi connectivity index (χ1v) is 7.40. The Bertz CT molecular complexity index is 862. The fourth-order valence-electron chi connectivity index (χ4n) is 2.08. The summed E-state index contributed by atoms with van der Waals surface area (Å²) >= 11 is 0. The van der Waals surface area contributed by atoms with Crippen molar-refractivity contribution in [1.82, 2.24) is 0 Å². The molecule has 1 atom stereocenters. The monoisotopic (exact) mass is 383 g/mol. The summed E-state index contributed by atoms with van der Waals surface area (Å²) in [5, 5.41) is 46.5. The normalized spacial score (nSPS) is 11.6. The number of benzene rings is 2. The number of ether oxygens (including phenoxy) is 1. The van der Waals surface area contributed by atoms with Crippen LogP contribution in [0.2, 0.25) is 0 Å². The van der Waals surface area contributed by atoms with E-state index in [9.17, 15) is 35.1 Å². The Morgan fingerprint density at radius 3 is 2.07 bits per heavy atom. The maximum absolute atomic E-state index is 11.8. The predicted molar refractivity (Wildman–Crippen MR) is 95.6 cm³/mol. The Morgan fingerprint density at radius 2 is 1.52 bits per heavy atom. The fourth-order valence-corrected chi connectivity index (χ4v) is 2.08. The Morgan fingerprint density at radius 1 is 0.926 bits per heavy atom. The molecule has 0 saturated carbocycles. The van der Waals surface area contributed by atoms with Crippen LogP contribution in [0, 0.1) is 0 Å². The van der Waals surface area contributed by atoms with E-state index in [2.05, 4.69) is 0 Å². The quantitative estimate of drug-likeness (QED) is 0.218. The molecule has 0 spiro atoms. The molecule has 27 heavy (non-hydrogen) atoms. The van der Waals surface area contributed by atoms with E-state index in [1.54, 1.807) is 0 Å². The molecular formula is C18H16NaO8. The van der Waals surface area contributed by atoms with Crippen LogP contribution >= 0.6 is 0 Å². The molecule has 9 heteroatoms. The van der Waals surface area contributed by atoms with E-state index in [4.69, 9.17) is 4.74 Å². The minimum absolute atomic E-state index is 0. The Labute approximate surface area is 176 Å². The van der Waals surface area contributed by atoms with E-state index in [0.29, 0.717) is 11.1 Å². The molecule has 0 aliphatic rings. The maximum Gasteiger partial charge on any atom is 0.345 e. The van der Waals surface area contributed by atoms with Crippen molar-refractivity contribution in [2.45, 2.75) is 12.5 Å². The SMILES string of the molecule is O=C(/C=C/c1ccc(O)c(O)c1)OC(Cc1ccc(O)c(O)c1)C(=O)O.[Na]. The van der Waals surface area contributed by atoms with Crippen LogP contribution in [-0.4, -0.2) is 73.1 Å². The summed E-state index contributed by atoms with van der Waals surface area (Å²) in [6, 6.07) is 7.65. The second-order valence-corrected chi connectivity index (χ2v) is 5.37. The third-order valence-electron chi connectivity index (χ3n) is 3.41. The van der Waals surface area contributed by atoms with Gasteiger partial charge < -0.3 is 30.3 Å². The molecule has 0 aromatic heterocycles. The number of phenols is 4. The maximum atomic E-state index is 11.8. The molecule has 0 saturated heterocycles. The molecule has 0 aliphatic heterocycles. The Balaban J connectivity index is 0.00000364. The first-order valence-electron chi connectivity index (χ1n) is 7.40. The van der Waals surface area contributed by atoms with Crippen molar-refractivity contribution in [2.24, 2.45) is 0 Å². The van der Waals surface area contributed by atoms with E-state index in [1.807, 2.05) is 0 Å². The minimum Gasteiger partial charge on any atom is -0.504 e. The summed E-state index contributed by atoms with van der Waals surface area (Å²) in [6.07, 6.45) is 0.565. The van der Waals surface area contributed by atoms with Gasteiger partial charge in [-0.05, 0) is 41.5 Å². The van der Waals surface area contributed by atoms with Gasteiger partial charge in [0.05, 0.1) is 0 Å². The van der Waals surface area contributed by atoms with Crippen LogP contribution in [0.5, 0.6) is 23.0 Å². The van der Waals surface area contributed by atoms with Crippen LogP contribution in [0.15, 0.2) is 42.5 Å². The number of aromatic hydroxyl groups is 4. The summed E-state index contributed by atoms with van der Waals surface area (Å²) in [5.41, 5.74) is 0.750. The van der Waals surface area contributed by atoms with Crippen LogP contribution in [0.25, 0.3) is 6.08 Å². The van der Waals surface area contributed by atoms with Gasteiger partial charge >= 0.3 is 11.9 Å². The van der Waals surface area contributed by atoms with E-state index in [-0.39, 0.29) is 53.2 Å². The molecular weight excluding hydrogens is 367 g/mol. The van der Waals surface area contributed by atoms with Crippen molar-refractivity contribution >= 4 is 47.6 Å². The molecule has 2 rings (SSSR count). The molecule has 1 unspecified atom stereocenters. The van der Waals surface area contributed by atoms with Gasteiger partial charge in [0.15, 0.2) is 23.0 Å². The third kappa shape index (κ3) is 6.52. The molecule has 0 heterocycles. The number of aliphatic carboxylic acids is 1. The number of carbonyl (C=O) groups excluding carboxylic acids is 1. The second-order valence-electron chi connectivity index (χ2n) is 5.37. The van der Waals surface area contributed by atoms with Crippen LogP contribution in [0.1, 0.15) is 11.1 Å². The first kappa shape index (κ1) is 22.4. The number of hydrogen-bond donors (Lipinski definition) is 5. The standard InChI is InChI=1S/C18H16O8.Na/c19-12-4-1-10(7-14(12)21)3-6-17(23)26-16(18(24)25)9-11-2-5-13(20)15(22)8-11;/h1-8,16,19-22H,9H2,(H,24,25);/b6-3+;. The zero-order valence-corrected chi connectivity index (χ0v) is 16.4. The zero-order chi connectivity index (χ0) is 19.3. The van der Waals surface area contributed by atoms with Crippen molar-refractivity contribution in [1.29, 1.82) is 0 Å². The molecule has 0 amide bonds. The van der Waals surface area contributed by atoms with Gasteiger partial charge in [-0.3, -0.25) is 0 Å². The van der Waals surface area contributed by atoms with Crippen molar-refractivity contribution in [3.05, 3.63) is 53.6 Å². The molecule has 5 N–H and O–H groups in total. The molecule has 2 aromatic carbocycles. The number of rotatable bonds is 6. The number of carboxylic acids is 1. The van der Waals surface area contributed by atoms with Crippen LogP contribution in [-0.2, 0) is 20.7 Å².